The van der Waals surface area contributed by atoms with Crippen LogP contribution in [0.2, 0.25) is 5.02 Å². The molecule has 3 aliphatic rings. The third-order valence-electron chi connectivity index (χ3n) is 7.77. The predicted octanol–water partition coefficient (Wildman–Crippen LogP) is 3.17. The number of nitriles is 1. The van der Waals surface area contributed by atoms with Crippen molar-refractivity contribution < 1.29 is 33.3 Å². The zero-order chi connectivity index (χ0) is 27.0. The van der Waals surface area contributed by atoms with Gasteiger partial charge in [0.25, 0.3) is 0 Å². The normalized spacial score (nSPS) is 33.1. The highest BCUT2D eigenvalue weighted by atomic mass is 35.5. The van der Waals surface area contributed by atoms with E-state index >= 15 is 0 Å². The lowest BCUT2D eigenvalue weighted by molar-refractivity contribution is -0.210. The lowest BCUT2D eigenvalue weighted by atomic mass is 9.76. The van der Waals surface area contributed by atoms with Gasteiger partial charge in [0, 0.05) is 31.4 Å². The van der Waals surface area contributed by atoms with Crippen LogP contribution in [-0.2, 0) is 14.3 Å². The van der Waals surface area contributed by atoms with Gasteiger partial charge >= 0.3 is 0 Å². The molecular weight excluding hydrogens is 524 g/mol. The van der Waals surface area contributed by atoms with Gasteiger partial charge in [0.2, 0.25) is 0 Å². The molecule has 3 heterocycles. The Kier molecular flexibility index (Phi) is 7.66. The molecule has 2 N–H and O–H groups in total. The van der Waals surface area contributed by atoms with Crippen LogP contribution in [-0.4, -0.2) is 74.7 Å². The number of ether oxygens (including phenoxy) is 2. The third kappa shape index (κ3) is 4.89. The summed E-state index contributed by atoms with van der Waals surface area (Å²) in [6.45, 7) is -0.467. The lowest BCUT2D eigenvalue weighted by Gasteiger charge is -2.43. The average molecular weight is 552 g/mol. The van der Waals surface area contributed by atoms with E-state index in [1.807, 2.05) is 0 Å². The molecule has 1 aromatic carbocycles. The summed E-state index contributed by atoms with van der Waals surface area (Å²) in [5.41, 5.74) is 0.232. The lowest BCUT2D eigenvalue weighted by Crippen LogP contribution is -2.57. The van der Waals surface area contributed by atoms with Crippen molar-refractivity contribution in [2.45, 2.75) is 74.6 Å². The van der Waals surface area contributed by atoms with Crippen molar-refractivity contribution in [3.05, 3.63) is 35.0 Å². The van der Waals surface area contributed by atoms with E-state index in [0.717, 1.165) is 31.4 Å². The summed E-state index contributed by atoms with van der Waals surface area (Å²) in [4.78, 5) is 5.84. The van der Waals surface area contributed by atoms with Crippen LogP contribution in [0.15, 0.2) is 23.5 Å². The Morgan fingerprint density at radius 3 is 2.71 bits per heavy atom. The van der Waals surface area contributed by atoms with Crippen molar-refractivity contribution in [1.82, 2.24) is 15.0 Å². The fourth-order valence-corrected chi connectivity index (χ4v) is 5.83. The zero-order valence-corrected chi connectivity index (χ0v) is 21.4. The second kappa shape index (κ2) is 10.8. The van der Waals surface area contributed by atoms with E-state index < -0.39 is 54.3 Å². The number of oxime groups is 1. The number of aliphatic hydroxyl groups is 2. The first kappa shape index (κ1) is 26.9. The first-order chi connectivity index (χ1) is 18.3. The minimum Gasteiger partial charge on any atom is -0.394 e. The molecule has 38 heavy (non-hydrogen) atoms. The van der Waals surface area contributed by atoms with Crippen LogP contribution in [0, 0.1) is 28.9 Å². The van der Waals surface area contributed by atoms with E-state index in [0.29, 0.717) is 12.8 Å². The van der Waals surface area contributed by atoms with Gasteiger partial charge in [0.15, 0.2) is 11.6 Å². The first-order valence-corrected chi connectivity index (χ1v) is 12.8. The molecule has 5 rings (SSSR count). The molecule has 10 nitrogen and oxygen atoms in total. The number of benzene rings is 1. The van der Waals surface area contributed by atoms with Gasteiger partial charge in [-0.15, -0.1) is 5.10 Å². The summed E-state index contributed by atoms with van der Waals surface area (Å²) < 4.78 is 41.6. The van der Waals surface area contributed by atoms with Crippen LogP contribution >= 0.6 is 11.6 Å². The van der Waals surface area contributed by atoms with Gasteiger partial charge in [0.1, 0.15) is 35.6 Å². The number of aliphatic hydroxyl groups excluding tert-OH is 2. The Labute approximate surface area is 222 Å². The monoisotopic (exact) mass is 551 g/mol. The number of hydrogen-bond donors (Lipinski definition) is 2. The Balaban J connectivity index is 1.36. The van der Waals surface area contributed by atoms with Gasteiger partial charge in [-0.3, -0.25) is 0 Å². The van der Waals surface area contributed by atoms with Gasteiger partial charge in [-0.25, -0.2) is 13.5 Å². The van der Waals surface area contributed by atoms with Crippen molar-refractivity contribution >= 4 is 17.3 Å². The smallest absolute Gasteiger partial charge is 0.178 e. The standard InChI is InChI=1S/C25H28ClF2N5O5/c1-36-24-18(8-14-9-25(38-31-14)6-4-13(10-29)5-7-25)37-19(12-34)23(35)22(24)33-11-17(30-32-33)15-2-3-16(26)21(28)20(15)27/h2-3,11,13,18-19,22-24,34-35H,4-9,12H2,1H3/t13-,18-,19-,22+,23+,24+,25-/m1/s1. The molecule has 1 aromatic heterocycles. The van der Waals surface area contributed by atoms with Crippen LogP contribution in [0.3, 0.4) is 0 Å². The number of methoxy groups -OCH3 is 1. The molecule has 1 saturated heterocycles. The van der Waals surface area contributed by atoms with Crippen molar-refractivity contribution in [3.63, 3.8) is 0 Å². The van der Waals surface area contributed by atoms with E-state index in [1.165, 1.54) is 30.1 Å². The fourth-order valence-electron chi connectivity index (χ4n) is 5.68. The van der Waals surface area contributed by atoms with E-state index in [4.69, 9.17) is 25.9 Å². The van der Waals surface area contributed by atoms with Crippen LogP contribution in [0.25, 0.3) is 11.3 Å². The highest BCUT2D eigenvalue weighted by Gasteiger charge is 2.49. The minimum atomic E-state index is -1.24. The second-order valence-corrected chi connectivity index (χ2v) is 10.5. The minimum absolute atomic E-state index is 0.0331. The zero-order valence-electron chi connectivity index (χ0n) is 20.6. The number of rotatable bonds is 6. The molecular formula is C25H28ClF2N5O5. The molecule has 0 amide bonds. The molecule has 0 unspecified atom stereocenters. The molecule has 0 bridgehead atoms. The molecule has 5 atom stereocenters. The molecule has 2 aromatic rings. The summed E-state index contributed by atoms with van der Waals surface area (Å²) in [7, 11) is 1.46. The Hall–Kier alpha value is -2.69. The maximum absolute atomic E-state index is 14.5. The summed E-state index contributed by atoms with van der Waals surface area (Å²) in [6.07, 6.45) is 1.70. The molecule has 13 heteroatoms. The van der Waals surface area contributed by atoms with Crippen molar-refractivity contribution in [3.8, 4) is 17.3 Å². The van der Waals surface area contributed by atoms with E-state index in [-0.39, 0.29) is 22.2 Å². The number of nitrogens with zero attached hydrogens (tertiary/aromatic N) is 5. The van der Waals surface area contributed by atoms with Crippen molar-refractivity contribution in [1.29, 1.82) is 5.26 Å². The molecule has 2 fully saturated rings. The molecule has 1 spiro atoms. The predicted molar refractivity (Wildman–Crippen MR) is 130 cm³/mol. The maximum Gasteiger partial charge on any atom is 0.178 e. The Bertz CT molecular complexity index is 1250. The number of aromatic nitrogens is 3. The average Bonchev–Trinajstić information content (AvgIpc) is 3.56. The first-order valence-electron chi connectivity index (χ1n) is 12.5. The van der Waals surface area contributed by atoms with Crippen LogP contribution in [0.5, 0.6) is 0 Å². The topological polar surface area (TPSA) is 135 Å². The molecule has 1 saturated carbocycles. The summed E-state index contributed by atoms with van der Waals surface area (Å²) in [5.74, 6) is -2.33. The SMILES string of the molecule is CO[C@@H]1[C@@H](n2cc(-c3ccc(Cl)c(F)c3F)nn2)[C@@H](O)[C@@H](CO)O[C@@H]1CC1=NO[C@]2(CC[C@H](C#N)CC2)C1. The van der Waals surface area contributed by atoms with Gasteiger partial charge < -0.3 is 24.5 Å². The van der Waals surface area contributed by atoms with Gasteiger partial charge in [-0.05, 0) is 37.8 Å². The highest BCUT2D eigenvalue weighted by molar-refractivity contribution is 6.30. The van der Waals surface area contributed by atoms with Crippen LogP contribution < -0.4 is 0 Å². The number of halogens is 3. The summed E-state index contributed by atoms with van der Waals surface area (Å²) in [6, 6.07) is 3.97. The quantitative estimate of drug-likeness (QED) is 0.523. The van der Waals surface area contributed by atoms with Gasteiger partial charge in [0.05, 0.1) is 35.7 Å². The third-order valence-corrected chi connectivity index (χ3v) is 8.07. The highest BCUT2D eigenvalue weighted by Crippen LogP contribution is 2.42. The summed E-state index contributed by atoms with van der Waals surface area (Å²) >= 11 is 5.66. The fraction of sp³-hybridized carbons (Fsp3) is 0.600. The summed E-state index contributed by atoms with van der Waals surface area (Å²) in [5, 5.41) is 42.2. The largest absolute Gasteiger partial charge is 0.394 e. The molecule has 2 aliphatic heterocycles. The van der Waals surface area contributed by atoms with E-state index in [1.54, 1.807) is 0 Å². The maximum atomic E-state index is 14.5. The Morgan fingerprint density at radius 2 is 2.03 bits per heavy atom. The molecule has 1 aliphatic carbocycles. The molecule has 0 radical (unpaired) electrons. The molecule has 204 valence electrons. The second-order valence-electron chi connectivity index (χ2n) is 10.1. The number of hydrogen-bond acceptors (Lipinski definition) is 9. The van der Waals surface area contributed by atoms with Gasteiger partial charge in [-0.1, -0.05) is 22.0 Å². The van der Waals surface area contributed by atoms with E-state index in [9.17, 15) is 24.3 Å². The van der Waals surface area contributed by atoms with E-state index in [2.05, 4.69) is 21.5 Å². The van der Waals surface area contributed by atoms with Crippen LogP contribution in [0.4, 0.5) is 8.78 Å². The van der Waals surface area contributed by atoms with Crippen molar-refractivity contribution in [2.75, 3.05) is 13.7 Å². The van der Waals surface area contributed by atoms with Crippen molar-refractivity contribution in [2.24, 2.45) is 11.1 Å². The van der Waals surface area contributed by atoms with Crippen LogP contribution in [0.1, 0.15) is 44.6 Å². The van der Waals surface area contributed by atoms with Gasteiger partial charge in [-0.2, -0.15) is 5.26 Å². The Morgan fingerprint density at radius 1 is 1.26 bits per heavy atom.